The summed E-state index contributed by atoms with van der Waals surface area (Å²) in [5, 5.41) is 2.93. The van der Waals surface area contributed by atoms with Crippen LogP contribution in [0.1, 0.15) is 25.1 Å². The van der Waals surface area contributed by atoms with Crippen LogP contribution in [0.25, 0.3) is 0 Å². The van der Waals surface area contributed by atoms with Crippen molar-refractivity contribution < 1.29 is 13.9 Å². The van der Waals surface area contributed by atoms with Crippen LogP contribution in [0.2, 0.25) is 0 Å². The molecule has 2 amide bonds. The van der Waals surface area contributed by atoms with Crippen molar-refractivity contribution in [2.45, 2.75) is 26.7 Å². The third kappa shape index (κ3) is 4.18. The van der Waals surface area contributed by atoms with Gasteiger partial charge in [-0.1, -0.05) is 26.0 Å². The van der Waals surface area contributed by atoms with Crippen LogP contribution >= 0.6 is 0 Å². The zero-order valence-corrected chi connectivity index (χ0v) is 16.7. The maximum absolute atomic E-state index is 14.0. The molecule has 150 valence electrons. The van der Waals surface area contributed by atoms with E-state index in [0.29, 0.717) is 43.4 Å². The number of halogens is 1. The van der Waals surface area contributed by atoms with E-state index in [1.807, 2.05) is 24.0 Å². The molecule has 1 aromatic heterocycles. The van der Waals surface area contributed by atoms with Crippen LogP contribution in [0, 0.1) is 5.82 Å². The van der Waals surface area contributed by atoms with Gasteiger partial charge in [0.15, 0.2) is 0 Å². The summed E-state index contributed by atoms with van der Waals surface area (Å²) in [5.74, 6) is 0.187. The monoisotopic (exact) mass is 386 g/mol. The number of pyridine rings is 1. The quantitative estimate of drug-likeness (QED) is 0.851. The summed E-state index contributed by atoms with van der Waals surface area (Å²) in [6.07, 6.45) is 1.65. The minimum atomic E-state index is -0.237. The highest BCUT2D eigenvalue weighted by molar-refractivity contribution is 5.91. The summed E-state index contributed by atoms with van der Waals surface area (Å²) < 4.78 is 19.3. The summed E-state index contributed by atoms with van der Waals surface area (Å²) in [4.78, 5) is 21.0. The van der Waals surface area contributed by atoms with Gasteiger partial charge in [0.05, 0.1) is 12.8 Å². The van der Waals surface area contributed by atoms with Gasteiger partial charge in [-0.25, -0.2) is 14.2 Å². The predicted molar refractivity (Wildman–Crippen MR) is 109 cm³/mol. The second-order valence-corrected chi connectivity index (χ2v) is 6.71. The number of methoxy groups -OCH3 is 1. The number of carbonyl (C=O) groups excluding carboxylic acids is 1. The number of hydrogen-bond acceptors (Lipinski definition) is 4. The van der Waals surface area contributed by atoms with E-state index < -0.39 is 0 Å². The predicted octanol–water partition coefficient (Wildman–Crippen LogP) is 3.71. The van der Waals surface area contributed by atoms with Crippen molar-refractivity contribution in [3.63, 3.8) is 0 Å². The van der Waals surface area contributed by atoms with Crippen LogP contribution in [0.15, 0.2) is 30.3 Å². The van der Waals surface area contributed by atoms with Gasteiger partial charge in [-0.05, 0) is 36.6 Å². The molecule has 1 saturated heterocycles. The lowest BCUT2D eigenvalue weighted by molar-refractivity contribution is 0.208. The first-order chi connectivity index (χ1) is 13.6. The number of anilines is 2. The second-order valence-electron chi connectivity index (χ2n) is 6.71. The van der Waals surface area contributed by atoms with Crippen LogP contribution in [0.5, 0.6) is 5.88 Å². The fourth-order valence-electron chi connectivity index (χ4n) is 3.48. The van der Waals surface area contributed by atoms with E-state index in [0.717, 1.165) is 24.1 Å². The summed E-state index contributed by atoms with van der Waals surface area (Å²) >= 11 is 0. The van der Waals surface area contributed by atoms with Crippen LogP contribution in [-0.4, -0.2) is 49.2 Å². The molecule has 3 rings (SSSR count). The van der Waals surface area contributed by atoms with Crippen molar-refractivity contribution in [1.82, 2.24) is 9.88 Å². The minimum Gasteiger partial charge on any atom is -0.480 e. The Morgan fingerprint density at radius 1 is 1.18 bits per heavy atom. The molecule has 0 atom stereocenters. The summed E-state index contributed by atoms with van der Waals surface area (Å²) in [5.41, 5.74) is 3.24. The summed E-state index contributed by atoms with van der Waals surface area (Å²) in [7, 11) is 1.55. The molecule has 1 aromatic carbocycles. The first kappa shape index (κ1) is 19.9. The number of ether oxygens (including phenoxy) is 1. The molecule has 1 fully saturated rings. The smallest absolute Gasteiger partial charge is 0.322 e. The van der Waals surface area contributed by atoms with Gasteiger partial charge in [-0.15, -0.1) is 0 Å². The van der Waals surface area contributed by atoms with Gasteiger partial charge in [-0.2, -0.15) is 0 Å². The molecule has 1 aliphatic heterocycles. The van der Waals surface area contributed by atoms with E-state index in [1.165, 1.54) is 6.07 Å². The van der Waals surface area contributed by atoms with Crippen molar-refractivity contribution in [2.24, 2.45) is 0 Å². The highest BCUT2D eigenvalue weighted by Crippen LogP contribution is 2.27. The molecule has 0 aliphatic carbocycles. The maximum Gasteiger partial charge on any atom is 0.322 e. The van der Waals surface area contributed by atoms with Crippen molar-refractivity contribution in [1.29, 1.82) is 0 Å². The van der Waals surface area contributed by atoms with Gasteiger partial charge in [0.25, 0.3) is 0 Å². The fraction of sp³-hybridized carbons (Fsp3) is 0.429. The molecular weight excluding hydrogens is 359 g/mol. The number of carbonyl (C=O) groups is 1. The average molecular weight is 386 g/mol. The number of piperazine rings is 1. The third-order valence-corrected chi connectivity index (χ3v) is 5.07. The molecule has 1 aliphatic rings. The van der Waals surface area contributed by atoms with Gasteiger partial charge in [0, 0.05) is 31.9 Å². The SMILES string of the molecule is CCc1cc(NC(=O)N2CCN(c3ccccc3F)CC2)c(OC)nc1CC. The first-order valence-electron chi connectivity index (χ1n) is 9.69. The number of benzene rings is 1. The van der Waals surface area contributed by atoms with Crippen LogP contribution in [0.3, 0.4) is 0 Å². The van der Waals surface area contributed by atoms with Crippen molar-refractivity contribution >= 4 is 17.4 Å². The molecule has 0 saturated carbocycles. The van der Waals surface area contributed by atoms with E-state index >= 15 is 0 Å². The first-order valence-corrected chi connectivity index (χ1v) is 9.69. The van der Waals surface area contributed by atoms with Gasteiger partial charge in [0.2, 0.25) is 5.88 Å². The van der Waals surface area contributed by atoms with Gasteiger partial charge in [0.1, 0.15) is 11.5 Å². The summed E-state index contributed by atoms with van der Waals surface area (Å²) in [6.45, 7) is 6.31. The number of rotatable bonds is 5. The molecule has 2 heterocycles. The van der Waals surface area contributed by atoms with Gasteiger partial charge >= 0.3 is 6.03 Å². The Morgan fingerprint density at radius 3 is 2.50 bits per heavy atom. The Labute approximate surface area is 165 Å². The van der Waals surface area contributed by atoms with Crippen LogP contribution < -0.4 is 15.0 Å². The van der Waals surface area contributed by atoms with Gasteiger partial charge < -0.3 is 19.9 Å². The number of para-hydroxylation sites is 1. The second kappa shape index (κ2) is 8.91. The zero-order chi connectivity index (χ0) is 20.1. The third-order valence-electron chi connectivity index (χ3n) is 5.07. The molecular formula is C21H27FN4O2. The lowest BCUT2D eigenvalue weighted by Gasteiger charge is -2.36. The van der Waals surface area contributed by atoms with Crippen molar-refractivity contribution in [3.05, 3.63) is 47.4 Å². The van der Waals surface area contributed by atoms with E-state index in [9.17, 15) is 9.18 Å². The Balaban J connectivity index is 1.67. The van der Waals surface area contributed by atoms with E-state index in [4.69, 9.17) is 4.74 Å². The summed E-state index contributed by atoms with van der Waals surface area (Å²) in [6, 6.07) is 8.47. The van der Waals surface area contributed by atoms with Gasteiger partial charge in [-0.3, -0.25) is 0 Å². The fourth-order valence-corrected chi connectivity index (χ4v) is 3.48. The normalized spacial score (nSPS) is 14.1. The molecule has 0 radical (unpaired) electrons. The van der Waals surface area contributed by atoms with Crippen LogP contribution in [-0.2, 0) is 12.8 Å². The highest BCUT2D eigenvalue weighted by Gasteiger charge is 2.24. The molecule has 7 heteroatoms. The van der Waals surface area contributed by atoms with Crippen LogP contribution in [0.4, 0.5) is 20.6 Å². The molecule has 6 nitrogen and oxygen atoms in total. The Bertz CT molecular complexity index is 835. The minimum absolute atomic E-state index is 0.195. The van der Waals surface area contributed by atoms with E-state index in [-0.39, 0.29) is 11.8 Å². The number of aromatic nitrogens is 1. The topological polar surface area (TPSA) is 57.7 Å². The Morgan fingerprint density at radius 2 is 1.89 bits per heavy atom. The number of nitrogens with one attached hydrogen (secondary N) is 1. The highest BCUT2D eigenvalue weighted by atomic mass is 19.1. The largest absolute Gasteiger partial charge is 0.480 e. The Kier molecular flexibility index (Phi) is 6.34. The number of nitrogens with zero attached hydrogens (tertiary/aromatic N) is 3. The molecule has 28 heavy (non-hydrogen) atoms. The average Bonchev–Trinajstić information content (AvgIpc) is 2.73. The van der Waals surface area contributed by atoms with E-state index in [1.54, 1.807) is 24.1 Å². The molecule has 2 aromatic rings. The lowest BCUT2D eigenvalue weighted by atomic mass is 10.1. The molecule has 1 N–H and O–H groups in total. The number of hydrogen-bond donors (Lipinski definition) is 1. The van der Waals surface area contributed by atoms with Crippen molar-refractivity contribution in [3.8, 4) is 5.88 Å². The molecule has 0 bridgehead atoms. The van der Waals surface area contributed by atoms with Crippen molar-refractivity contribution in [2.75, 3.05) is 43.5 Å². The maximum atomic E-state index is 14.0. The number of aryl methyl sites for hydroxylation is 2. The zero-order valence-electron chi connectivity index (χ0n) is 16.7. The number of urea groups is 1. The molecule has 0 unspecified atom stereocenters. The Hall–Kier alpha value is -2.83. The van der Waals surface area contributed by atoms with E-state index in [2.05, 4.69) is 17.2 Å². The lowest BCUT2D eigenvalue weighted by Crippen LogP contribution is -2.50. The standard InChI is InChI=1S/C21H27FN4O2/c1-4-15-14-18(20(28-3)23-17(15)5-2)24-21(27)26-12-10-25(11-13-26)19-9-7-6-8-16(19)22/h6-9,14H,4-5,10-13H2,1-3H3,(H,24,27). The molecule has 0 spiro atoms. The number of amides is 2.